The maximum Gasteiger partial charge on any atom is 0.269 e. The lowest BCUT2D eigenvalue weighted by Crippen LogP contribution is -2.33. The standard InChI is InChI=1S/C7H6IN5O2/c8-13-10-5-9-11(13)6-1-3-7(4-2-6)12(14)15/h1-5H,(H,9,10). The van der Waals surface area contributed by atoms with Crippen molar-refractivity contribution in [2.45, 2.75) is 0 Å². The first-order valence-corrected chi connectivity index (χ1v) is 4.94. The first kappa shape index (κ1) is 10.1. The molecule has 7 nitrogen and oxygen atoms in total. The molecule has 78 valence electrons. The molecular formula is C7H6IN5O2. The average molecular weight is 319 g/mol. The van der Waals surface area contributed by atoms with Crippen LogP contribution in [0, 0.1) is 10.1 Å². The van der Waals surface area contributed by atoms with E-state index in [-0.39, 0.29) is 5.69 Å². The minimum atomic E-state index is -0.433. The lowest BCUT2D eigenvalue weighted by molar-refractivity contribution is -0.384. The van der Waals surface area contributed by atoms with Crippen LogP contribution in [0.25, 0.3) is 0 Å². The maximum absolute atomic E-state index is 10.4. The van der Waals surface area contributed by atoms with E-state index in [1.807, 2.05) is 22.9 Å². The van der Waals surface area contributed by atoms with Crippen LogP contribution >= 0.6 is 22.9 Å². The van der Waals surface area contributed by atoms with Gasteiger partial charge in [-0.15, -0.1) is 5.10 Å². The number of non-ortho nitro benzene ring substituents is 1. The quantitative estimate of drug-likeness (QED) is 0.386. The highest BCUT2D eigenvalue weighted by atomic mass is 127. The van der Waals surface area contributed by atoms with E-state index in [0.29, 0.717) is 0 Å². The lowest BCUT2D eigenvalue weighted by Gasteiger charge is -2.19. The molecule has 2 rings (SSSR count). The predicted molar refractivity (Wildman–Crippen MR) is 63.1 cm³/mol. The van der Waals surface area contributed by atoms with Gasteiger partial charge in [-0.1, -0.05) is 0 Å². The Labute approximate surface area is 98.9 Å². The molecule has 0 aliphatic carbocycles. The summed E-state index contributed by atoms with van der Waals surface area (Å²) in [5.41, 5.74) is 3.64. The Morgan fingerprint density at radius 1 is 1.40 bits per heavy atom. The van der Waals surface area contributed by atoms with Gasteiger partial charge in [0.25, 0.3) is 5.69 Å². The summed E-state index contributed by atoms with van der Waals surface area (Å²) in [4.78, 5) is 10.0. The highest BCUT2D eigenvalue weighted by Crippen LogP contribution is 2.22. The van der Waals surface area contributed by atoms with Crippen molar-refractivity contribution in [2.75, 3.05) is 5.12 Å². The smallest absolute Gasteiger partial charge is 0.269 e. The molecule has 15 heavy (non-hydrogen) atoms. The zero-order valence-electron chi connectivity index (χ0n) is 7.37. The fourth-order valence-electron chi connectivity index (χ4n) is 1.10. The van der Waals surface area contributed by atoms with Crippen LogP contribution < -0.4 is 10.5 Å². The number of benzene rings is 1. The molecule has 0 bridgehead atoms. The Hall–Kier alpha value is -1.42. The summed E-state index contributed by atoms with van der Waals surface area (Å²) in [6.45, 7) is 0. The van der Waals surface area contributed by atoms with E-state index < -0.39 is 4.92 Å². The number of nitro groups is 1. The second-order valence-corrected chi connectivity index (χ2v) is 3.61. The van der Waals surface area contributed by atoms with Crippen molar-refractivity contribution >= 4 is 40.6 Å². The minimum absolute atomic E-state index is 0.0647. The van der Waals surface area contributed by atoms with Crippen molar-refractivity contribution in [3.05, 3.63) is 34.4 Å². The third-order valence-corrected chi connectivity index (χ3v) is 2.48. The monoisotopic (exact) mass is 319 g/mol. The topological polar surface area (TPSA) is 74.0 Å². The first-order valence-electron chi connectivity index (χ1n) is 3.97. The van der Waals surface area contributed by atoms with E-state index in [1.54, 1.807) is 20.6 Å². The molecule has 0 saturated carbocycles. The highest BCUT2D eigenvalue weighted by molar-refractivity contribution is 14.1. The second-order valence-electron chi connectivity index (χ2n) is 2.70. The summed E-state index contributed by atoms with van der Waals surface area (Å²) in [7, 11) is 0. The number of hydrogen-bond acceptors (Lipinski definition) is 6. The molecule has 1 N–H and O–H groups in total. The summed E-state index contributed by atoms with van der Waals surface area (Å²) in [6.07, 6.45) is 1.52. The van der Waals surface area contributed by atoms with Crippen molar-refractivity contribution in [3.8, 4) is 0 Å². The van der Waals surface area contributed by atoms with Gasteiger partial charge in [-0.2, -0.15) is 5.12 Å². The van der Waals surface area contributed by atoms with E-state index in [1.165, 1.54) is 18.5 Å². The molecule has 1 aliphatic rings. The van der Waals surface area contributed by atoms with E-state index in [2.05, 4.69) is 10.5 Å². The first-order chi connectivity index (χ1) is 7.18. The SMILES string of the molecule is O=[N+]([O-])c1ccc(N2N=CNN2I)cc1. The summed E-state index contributed by atoms with van der Waals surface area (Å²) in [6, 6.07) is 6.14. The molecule has 0 radical (unpaired) electrons. The van der Waals surface area contributed by atoms with Crippen LogP contribution in [0.1, 0.15) is 0 Å². The van der Waals surface area contributed by atoms with Crippen LogP contribution in [0.15, 0.2) is 29.4 Å². The van der Waals surface area contributed by atoms with Gasteiger partial charge in [0, 0.05) is 12.1 Å². The van der Waals surface area contributed by atoms with Crippen molar-refractivity contribution < 1.29 is 4.92 Å². The molecule has 0 spiro atoms. The van der Waals surface area contributed by atoms with Crippen molar-refractivity contribution in [1.82, 2.24) is 8.76 Å². The third kappa shape index (κ3) is 1.99. The minimum Gasteiger partial charge on any atom is -0.279 e. The van der Waals surface area contributed by atoms with Gasteiger partial charge in [0.2, 0.25) is 0 Å². The Kier molecular flexibility index (Phi) is 2.68. The molecule has 0 saturated heterocycles. The molecular weight excluding hydrogens is 313 g/mol. The van der Waals surface area contributed by atoms with Gasteiger partial charge in [-0.05, 0) is 15.5 Å². The largest absolute Gasteiger partial charge is 0.279 e. The van der Waals surface area contributed by atoms with Gasteiger partial charge in [-0.25, -0.2) is 0 Å². The Balaban J connectivity index is 2.23. The zero-order valence-corrected chi connectivity index (χ0v) is 9.53. The van der Waals surface area contributed by atoms with Gasteiger partial charge in [-0.3, -0.25) is 15.5 Å². The molecule has 0 amide bonds. The summed E-state index contributed by atoms with van der Waals surface area (Å²) in [5, 5.41) is 16.0. The molecule has 0 aromatic heterocycles. The van der Waals surface area contributed by atoms with Crippen LogP contribution in [-0.2, 0) is 0 Å². The van der Waals surface area contributed by atoms with E-state index in [9.17, 15) is 10.1 Å². The number of hydrogen-bond donors (Lipinski definition) is 1. The predicted octanol–water partition coefficient (Wildman–Crippen LogP) is 1.43. The zero-order chi connectivity index (χ0) is 10.8. The number of nitrogens with one attached hydrogen (secondary N) is 1. The molecule has 0 fully saturated rings. The van der Waals surface area contributed by atoms with Crippen LogP contribution in [-0.4, -0.2) is 14.6 Å². The summed E-state index contributed by atoms with van der Waals surface area (Å²) in [5.74, 6) is 0. The molecule has 0 atom stereocenters. The van der Waals surface area contributed by atoms with Gasteiger partial charge >= 0.3 is 0 Å². The number of nitro benzene ring substituents is 1. The average Bonchev–Trinajstić information content (AvgIpc) is 2.65. The van der Waals surface area contributed by atoms with Crippen LogP contribution in [0.5, 0.6) is 0 Å². The fraction of sp³-hybridized carbons (Fsp3) is 0. The molecule has 8 heteroatoms. The number of nitrogens with zero attached hydrogens (tertiary/aromatic N) is 4. The lowest BCUT2D eigenvalue weighted by atomic mass is 10.3. The van der Waals surface area contributed by atoms with Crippen LogP contribution in [0.2, 0.25) is 0 Å². The van der Waals surface area contributed by atoms with Gasteiger partial charge < -0.3 is 0 Å². The van der Waals surface area contributed by atoms with Crippen LogP contribution in [0.3, 0.4) is 0 Å². The number of hydrazone groups is 1. The molecule has 0 unspecified atom stereocenters. The number of hydrazine groups is 2. The Morgan fingerprint density at radius 2 is 2.07 bits per heavy atom. The summed E-state index contributed by atoms with van der Waals surface area (Å²) < 4.78 is 1.62. The Morgan fingerprint density at radius 3 is 2.53 bits per heavy atom. The Bertz CT molecular complexity index is 406. The molecule has 1 aliphatic heterocycles. The number of halogens is 1. The van der Waals surface area contributed by atoms with Gasteiger partial charge in [0.1, 0.15) is 6.34 Å². The van der Waals surface area contributed by atoms with E-state index >= 15 is 0 Å². The maximum atomic E-state index is 10.4. The summed E-state index contributed by atoms with van der Waals surface area (Å²) >= 11 is 2.01. The van der Waals surface area contributed by atoms with Crippen LogP contribution in [0.4, 0.5) is 11.4 Å². The van der Waals surface area contributed by atoms with E-state index in [0.717, 1.165) is 5.69 Å². The van der Waals surface area contributed by atoms with Crippen molar-refractivity contribution in [1.29, 1.82) is 0 Å². The highest BCUT2D eigenvalue weighted by Gasteiger charge is 2.17. The number of anilines is 1. The van der Waals surface area contributed by atoms with Crippen molar-refractivity contribution in [3.63, 3.8) is 0 Å². The van der Waals surface area contributed by atoms with Crippen molar-refractivity contribution in [2.24, 2.45) is 5.10 Å². The van der Waals surface area contributed by atoms with E-state index in [4.69, 9.17) is 0 Å². The van der Waals surface area contributed by atoms with Gasteiger partial charge in [0.05, 0.1) is 33.5 Å². The van der Waals surface area contributed by atoms with Gasteiger partial charge in [0.15, 0.2) is 0 Å². The molecule has 1 heterocycles. The normalized spacial score (nSPS) is 15.4. The molecule has 1 aromatic carbocycles. The number of rotatable bonds is 2. The fourth-order valence-corrected chi connectivity index (χ4v) is 1.59. The third-order valence-electron chi connectivity index (χ3n) is 1.79. The second kappa shape index (κ2) is 3.98. The molecule has 1 aromatic rings.